The fourth-order valence-electron chi connectivity index (χ4n) is 4.00. The molecule has 3 aromatic carbocycles. The van der Waals surface area contributed by atoms with Gasteiger partial charge in [-0.2, -0.15) is 0 Å². The normalized spacial score (nSPS) is 14.6. The summed E-state index contributed by atoms with van der Waals surface area (Å²) in [6.45, 7) is 5.96. The molecule has 196 valence electrons. The van der Waals surface area contributed by atoms with Crippen LogP contribution in [0.3, 0.4) is 0 Å². The summed E-state index contributed by atoms with van der Waals surface area (Å²) in [5.41, 5.74) is 3.05. The molecule has 7 nitrogen and oxygen atoms in total. The number of anilines is 1. The number of hydrogen-bond donors (Lipinski definition) is 1. The standard InChI is InChI=1S/C28H23Cl3N2O5/c1-4-37-24-13-18(12-23(31)25(24)38-14-17-5-6-21(29)22(30)11-17)10-20-26(34)32-28(36)33(27(20)35)19-8-15(2)7-16(3)9-19/h5-13H,4,14H2,1-3H3,(H,32,34,36)/b20-10+. The van der Waals surface area contributed by atoms with E-state index in [1.54, 1.807) is 49.4 Å². The fourth-order valence-corrected chi connectivity index (χ4v) is 4.59. The van der Waals surface area contributed by atoms with E-state index in [0.29, 0.717) is 33.7 Å². The van der Waals surface area contributed by atoms with Crippen molar-refractivity contribution < 1.29 is 23.9 Å². The number of urea groups is 1. The van der Waals surface area contributed by atoms with Crippen LogP contribution in [0.15, 0.2) is 54.1 Å². The van der Waals surface area contributed by atoms with Crippen LogP contribution in [0.5, 0.6) is 11.5 Å². The average Bonchev–Trinajstić information content (AvgIpc) is 2.83. The Bertz CT molecular complexity index is 1470. The highest BCUT2D eigenvalue weighted by Gasteiger charge is 2.37. The Morgan fingerprint density at radius 2 is 1.58 bits per heavy atom. The summed E-state index contributed by atoms with van der Waals surface area (Å²) in [5, 5.41) is 3.26. The topological polar surface area (TPSA) is 84.9 Å². The summed E-state index contributed by atoms with van der Waals surface area (Å²) >= 11 is 18.6. The Morgan fingerprint density at radius 3 is 2.24 bits per heavy atom. The van der Waals surface area contributed by atoms with Gasteiger partial charge in [-0.25, -0.2) is 9.69 Å². The monoisotopic (exact) mass is 572 g/mol. The SMILES string of the molecule is CCOc1cc(/C=C2\C(=O)NC(=O)N(c3cc(C)cc(C)c3)C2=O)cc(Cl)c1OCc1ccc(Cl)c(Cl)c1. The minimum absolute atomic E-state index is 0.144. The molecule has 0 spiro atoms. The van der Waals surface area contributed by atoms with Gasteiger partial charge in [0, 0.05) is 0 Å². The van der Waals surface area contributed by atoms with Crippen LogP contribution in [0, 0.1) is 13.8 Å². The van der Waals surface area contributed by atoms with Crippen LogP contribution < -0.4 is 19.7 Å². The number of aryl methyl sites for hydroxylation is 2. The Balaban J connectivity index is 1.67. The van der Waals surface area contributed by atoms with Crippen molar-refractivity contribution in [2.24, 2.45) is 0 Å². The second kappa shape index (κ2) is 11.5. The van der Waals surface area contributed by atoms with Gasteiger partial charge < -0.3 is 9.47 Å². The van der Waals surface area contributed by atoms with Crippen LogP contribution in [0.1, 0.15) is 29.2 Å². The molecule has 1 fully saturated rings. The van der Waals surface area contributed by atoms with Crippen LogP contribution in [0.25, 0.3) is 6.08 Å². The quantitative estimate of drug-likeness (QED) is 0.245. The molecule has 4 amide bonds. The molecule has 1 aliphatic heterocycles. The van der Waals surface area contributed by atoms with E-state index in [2.05, 4.69) is 5.32 Å². The van der Waals surface area contributed by atoms with Gasteiger partial charge in [-0.15, -0.1) is 0 Å². The highest BCUT2D eigenvalue weighted by Crippen LogP contribution is 2.38. The lowest BCUT2D eigenvalue weighted by molar-refractivity contribution is -0.122. The zero-order valence-corrected chi connectivity index (χ0v) is 23.0. The lowest BCUT2D eigenvalue weighted by Crippen LogP contribution is -2.54. The molecule has 0 aliphatic carbocycles. The number of halogens is 3. The van der Waals surface area contributed by atoms with Crippen molar-refractivity contribution in [2.75, 3.05) is 11.5 Å². The van der Waals surface area contributed by atoms with E-state index in [9.17, 15) is 14.4 Å². The molecule has 38 heavy (non-hydrogen) atoms. The van der Waals surface area contributed by atoms with E-state index in [-0.39, 0.29) is 23.0 Å². The first kappa shape index (κ1) is 27.5. The lowest BCUT2D eigenvalue weighted by Gasteiger charge is -2.27. The van der Waals surface area contributed by atoms with Gasteiger partial charge in [0.05, 0.1) is 27.4 Å². The summed E-state index contributed by atoms with van der Waals surface area (Å²) < 4.78 is 11.7. The largest absolute Gasteiger partial charge is 0.490 e. The first-order valence-corrected chi connectivity index (χ1v) is 12.7. The van der Waals surface area contributed by atoms with Gasteiger partial charge in [-0.05, 0) is 85.5 Å². The Labute approximate surface area is 234 Å². The molecule has 3 aromatic rings. The summed E-state index contributed by atoms with van der Waals surface area (Å²) in [5.74, 6) is -0.960. The molecule has 1 saturated heterocycles. The second-order valence-corrected chi connectivity index (χ2v) is 9.83. The van der Waals surface area contributed by atoms with Crippen LogP contribution in [-0.4, -0.2) is 24.5 Å². The Kier molecular flexibility index (Phi) is 8.31. The number of imide groups is 2. The number of carbonyl (C=O) groups is 3. The van der Waals surface area contributed by atoms with E-state index in [0.717, 1.165) is 21.6 Å². The van der Waals surface area contributed by atoms with Crippen molar-refractivity contribution in [1.29, 1.82) is 0 Å². The molecular weight excluding hydrogens is 551 g/mol. The van der Waals surface area contributed by atoms with Crippen LogP contribution in [-0.2, 0) is 16.2 Å². The fraction of sp³-hybridized carbons (Fsp3) is 0.179. The number of nitrogens with zero attached hydrogens (tertiary/aromatic N) is 1. The van der Waals surface area contributed by atoms with Crippen LogP contribution in [0.4, 0.5) is 10.5 Å². The van der Waals surface area contributed by atoms with Crippen molar-refractivity contribution >= 4 is 64.4 Å². The highest BCUT2D eigenvalue weighted by molar-refractivity contribution is 6.42. The molecule has 0 atom stereocenters. The molecule has 1 aliphatic rings. The molecular formula is C28H23Cl3N2O5. The molecule has 4 rings (SSSR count). The van der Waals surface area contributed by atoms with E-state index in [1.165, 1.54) is 6.08 Å². The maximum atomic E-state index is 13.3. The summed E-state index contributed by atoms with van der Waals surface area (Å²) in [6, 6.07) is 12.8. The van der Waals surface area contributed by atoms with Gasteiger partial charge >= 0.3 is 6.03 Å². The molecule has 1 heterocycles. The number of barbiturate groups is 1. The van der Waals surface area contributed by atoms with E-state index < -0.39 is 17.8 Å². The zero-order valence-electron chi connectivity index (χ0n) is 20.7. The molecule has 1 N–H and O–H groups in total. The van der Waals surface area contributed by atoms with E-state index >= 15 is 0 Å². The number of carbonyl (C=O) groups excluding carboxylic acids is 3. The summed E-state index contributed by atoms with van der Waals surface area (Å²) in [7, 11) is 0. The minimum Gasteiger partial charge on any atom is -0.490 e. The molecule has 0 bridgehead atoms. The van der Waals surface area contributed by atoms with Crippen molar-refractivity contribution in [3.8, 4) is 11.5 Å². The number of amides is 4. The number of ether oxygens (including phenoxy) is 2. The van der Waals surface area contributed by atoms with Crippen molar-refractivity contribution in [3.05, 3.63) is 91.4 Å². The van der Waals surface area contributed by atoms with Crippen molar-refractivity contribution in [3.63, 3.8) is 0 Å². The van der Waals surface area contributed by atoms with E-state index in [4.69, 9.17) is 44.3 Å². The van der Waals surface area contributed by atoms with Crippen molar-refractivity contribution in [1.82, 2.24) is 5.32 Å². The number of nitrogens with one attached hydrogen (secondary N) is 1. The smallest absolute Gasteiger partial charge is 0.335 e. The van der Waals surface area contributed by atoms with Gasteiger partial charge in [0.2, 0.25) is 0 Å². The predicted octanol–water partition coefficient (Wildman–Crippen LogP) is 6.91. The molecule has 0 aromatic heterocycles. The summed E-state index contributed by atoms with van der Waals surface area (Å²) in [4.78, 5) is 39.5. The molecule has 0 saturated carbocycles. The number of hydrogen-bond acceptors (Lipinski definition) is 5. The van der Waals surface area contributed by atoms with Crippen molar-refractivity contribution in [2.45, 2.75) is 27.4 Å². The van der Waals surface area contributed by atoms with Crippen LogP contribution in [0.2, 0.25) is 15.1 Å². The van der Waals surface area contributed by atoms with Crippen LogP contribution >= 0.6 is 34.8 Å². The Morgan fingerprint density at radius 1 is 0.868 bits per heavy atom. The molecule has 0 radical (unpaired) electrons. The lowest BCUT2D eigenvalue weighted by atomic mass is 10.0. The van der Waals surface area contributed by atoms with Gasteiger partial charge in [0.25, 0.3) is 11.8 Å². The first-order valence-electron chi connectivity index (χ1n) is 11.6. The predicted molar refractivity (Wildman–Crippen MR) is 148 cm³/mol. The van der Waals surface area contributed by atoms with Gasteiger partial charge in [-0.3, -0.25) is 14.9 Å². The third kappa shape index (κ3) is 5.96. The maximum absolute atomic E-state index is 13.3. The van der Waals surface area contributed by atoms with E-state index in [1.807, 2.05) is 19.9 Å². The number of rotatable bonds is 7. The third-order valence-electron chi connectivity index (χ3n) is 5.58. The van der Waals surface area contributed by atoms with Gasteiger partial charge in [-0.1, -0.05) is 46.9 Å². The first-order chi connectivity index (χ1) is 18.1. The average molecular weight is 574 g/mol. The third-order valence-corrected chi connectivity index (χ3v) is 6.60. The minimum atomic E-state index is -0.818. The second-order valence-electron chi connectivity index (χ2n) is 8.60. The maximum Gasteiger partial charge on any atom is 0.335 e. The summed E-state index contributed by atoms with van der Waals surface area (Å²) in [6.07, 6.45) is 1.36. The van der Waals surface area contributed by atoms with Gasteiger partial charge in [0.1, 0.15) is 12.2 Å². The Hall–Kier alpha value is -3.52. The molecule has 0 unspecified atom stereocenters. The zero-order chi connectivity index (χ0) is 27.6. The number of benzene rings is 3. The molecule has 10 heteroatoms. The highest BCUT2D eigenvalue weighted by atomic mass is 35.5. The van der Waals surface area contributed by atoms with Gasteiger partial charge in [0.15, 0.2) is 11.5 Å².